The van der Waals surface area contributed by atoms with E-state index in [0.29, 0.717) is 41.2 Å². The number of carbonyl (C=O) groups excluding carboxylic acids is 1. The lowest BCUT2D eigenvalue weighted by atomic mass is 10.1. The number of halogens is 1. The van der Waals surface area contributed by atoms with Crippen molar-refractivity contribution in [2.45, 2.75) is 18.9 Å². The van der Waals surface area contributed by atoms with Crippen LogP contribution in [0, 0.1) is 0 Å². The van der Waals surface area contributed by atoms with Gasteiger partial charge in [-0.2, -0.15) is 0 Å². The fourth-order valence-electron chi connectivity index (χ4n) is 3.42. The van der Waals surface area contributed by atoms with E-state index in [9.17, 15) is 4.79 Å². The zero-order valence-corrected chi connectivity index (χ0v) is 14.7. The largest absolute Gasteiger partial charge is 0.496 e. The molecule has 0 spiro atoms. The molecule has 0 bridgehead atoms. The van der Waals surface area contributed by atoms with Crippen LogP contribution in [0.2, 0.25) is 5.02 Å². The van der Waals surface area contributed by atoms with Crippen molar-refractivity contribution in [1.82, 2.24) is 9.80 Å². The van der Waals surface area contributed by atoms with E-state index in [4.69, 9.17) is 26.8 Å². The molecule has 2 aliphatic rings. The van der Waals surface area contributed by atoms with Gasteiger partial charge < -0.3 is 20.1 Å². The average Bonchev–Trinajstić information content (AvgIpc) is 2.64. The molecule has 6 nitrogen and oxygen atoms in total. The second kappa shape index (κ2) is 7.59. The van der Waals surface area contributed by atoms with E-state index in [0.717, 1.165) is 39.1 Å². The highest BCUT2D eigenvalue weighted by Gasteiger charge is 2.29. The van der Waals surface area contributed by atoms with Crippen LogP contribution >= 0.6 is 11.6 Å². The molecule has 2 fully saturated rings. The van der Waals surface area contributed by atoms with Crippen LogP contribution in [-0.2, 0) is 4.74 Å². The number of hydrogen-bond donors (Lipinski definition) is 1. The number of anilines is 1. The van der Waals surface area contributed by atoms with Crippen molar-refractivity contribution in [3.05, 3.63) is 22.7 Å². The van der Waals surface area contributed by atoms with Gasteiger partial charge in [-0.25, -0.2) is 0 Å². The molecule has 2 saturated heterocycles. The molecule has 24 heavy (non-hydrogen) atoms. The maximum Gasteiger partial charge on any atom is 0.257 e. The molecule has 2 heterocycles. The molecule has 1 amide bonds. The Hall–Kier alpha value is -1.50. The third kappa shape index (κ3) is 3.61. The van der Waals surface area contributed by atoms with Crippen LogP contribution in [-0.4, -0.2) is 68.3 Å². The molecule has 0 aliphatic carbocycles. The van der Waals surface area contributed by atoms with Gasteiger partial charge in [-0.05, 0) is 18.9 Å². The summed E-state index contributed by atoms with van der Waals surface area (Å²) in [5, 5.41) is 0.375. The second-order valence-corrected chi connectivity index (χ2v) is 6.65. The molecule has 0 unspecified atom stereocenters. The van der Waals surface area contributed by atoms with Crippen molar-refractivity contribution in [1.29, 1.82) is 0 Å². The predicted octanol–water partition coefficient (Wildman–Crippen LogP) is 1.87. The number of carbonyl (C=O) groups is 1. The standard InChI is InChI=1S/C17H24ClN3O3/c1-23-16-11-15(19)14(18)10-13(16)17(22)21-6-4-20(5-7-21)12-2-8-24-9-3-12/h10-12H,2-9,19H2,1H3. The highest BCUT2D eigenvalue weighted by Crippen LogP contribution is 2.30. The van der Waals surface area contributed by atoms with Gasteiger partial charge >= 0.3 is 0 Å². The molecular formula is C17H24ClN3O3. The number of ether oxygens (including phenoxy) is 2. The summed E-state index contributed by atoms with van der Waals surface area (Å²) in [5.41, 5.74) is 6.67. The molecule has 7 heteroatoms. The molecule has 132 valence electrons. The molecule has 3 rings (SSSR count). The minimum Gasteiger partial charge on any atom is -0.496 e. The van der Waals surface area contributed by atoms with E-state index in [1.165, 1.54) is 7.11 Å². The first kappa shape index (κ1) is 17.3. The number of rotatable bonds is 3. The monoisotopic (exact) mass is 353 g/mol. The van der Waals surface area contributed by atoms with Gasteiger partial charge in [0.2, 0.25) is 0 Å². The fraction of sp³-hybridized carbons (Fsp3) is 0.588. The summed E-state index contributed by atoms with van der Waals surface area (Å²) in [4.78, 5) is 17.2. The normalized spacial score (nSPS) is 20.2. The first-order valence-corrected chi connectivity index (χ1v) is 8.72. The minimum absolute atomic E-state index is 0.0552. The smallest absolute Gasteiger partial charge is 0.257 e. The molecule has 2 aliphatic heterocycles. The topological polar surface area (TPSA) is 68.0 Å². The Morgan fingerprint density at radius 3 is 2.54 bits per heavy atom. The summed E-state index contributed by atoms with van der Waals surface area (Å²) in [5.74, 6) is 0.411. The number of nitrogens with zero attached hydrogens (tertiary/aromatic N) is 2. The molecule has 0 saturated carbocycles. The molecule has 0 atom stereocenters. The second-order valence-electron chi connectivity index (χ2n) is 6.25. The van der Waals surface area contributed by atoms with Gasteiger partial charge in [-0.15, -0.1) is 0 Å². The van der Waals surface area contributed by atoms with Gasteiger partial charge in [0.05, 0.1) is 23.4 Å². The summed E-state index contributed by atoms with van der Waals surface area (Å²) in [6.45, 7) is 4.88. The zero-order valence-electron chi connectivity index (χ0n) is 14.0. The lowest BCUT2D eigenvalue weighted by Crippen LogP contribution is -2.53. The van der Waals surface area contributed by atoms with E-state index in [2.05, 4.69) is 4.90 Å². The Bertz CT molecular complexity index is 597. The van der Waals surface area contributed by atoms with E-state index in [1.54, 1.807) is 12.1 Å². The number of hydrogen-bond acceptors (Lipinski definition) is 5. The van der Waals surface area contributed by atoms with Crippen LogP contribution in [0.1, 0.15) is 23.2 Å². The predicted molar refractivity (Wildman–Crippen MR) is 93.7 cm³/mol. The number of benzene rings is 1. The van der Waals surface area contributed by atoms with Crippen LogP contribution in [0.4, 0.5) is 5.69 Å². The quantitative estimate of drug-likeness (QED) is 0.840. The summed E-state index contributed by atoms with van der Waals surface area (Å²) in [6, 6.07) is 3.79. The number of nitrogen functional groups attached to an aromatic ring is 1. The highest BCUT2D eigenvalue weighted by atomic mass is 35.5. The van der Waals surface area contributed by atoms with Crippen molar-refractivity contribution in [2.24, 2.45) is 0 Å². The molecule has 0 radical (unpaired) electrons. The number of nitrogens with two attached hydrogens (primary N) is 1. The summed E-state index contributed by atoms with van der Waals surface area (Å²) < 4.78 is 10.7. The average molecular weight is 354 g/mol. The van der Waals surface area contributed by atoms with Crippen molar-refractivity contribution in [3.8, 4) is 5.75 Å². The minimum atomic E-state index is -0.0552. The SMILES string of the molecule is COc1cc(N)c(Cl)cc1C(=O)N1CCN(C2CCOCC2)CC1. The van der Waals surface area contributed by atoms with Crippen LogP contribution in [0.25, 0.3) is 0 Å². The van der Waals surface area contributed by atoms with Crippen molar-refractivity contribution < 1.29 is 14.3 Å². The summed E-state index contributed by atoms with van der Waals surface area (Å²) >= 11 is 6.08. The number of amides is 1. The lowest BCUT2D eigenvalue weighted by Gasteiger charge is -2.40. The Kier molecular flexibility index (Phi) is 5.48. The summed E-state index contributed by atoms with van der Waals surface area (Å²) in [7, 11) is 1.53. The third-order valence-electron chi connectivity index (χ3n) is 4.86. The number of methoxy groups -OCH3 is 1. The van der Waals surface area contributed by atoms with Crippen LogP contribution in [0.3, 0.4) is 0 Å². The van der Waals surface area contributed by atoms with Gasteiger partial charge in [-0.1, -0.05) is 11.6 Å². The maximum atomic E-state index is 12.8. The molecule has 2 N–H and O–H groups in total. The maximum absolute atomic E-state index is 12.8. The van der Waals surface area contributed by atoms with Crippen LogP contribution < -0.4 is 10.5 Å². The van der Waals surface area contributed by atoms with Crippen LogP contribution in [0.15, 0.2) is 12.1 Å². The number of piperazine rings is 1. The Morgan fingerprint density at radius 1 is 1.25 bits per heavy atom. The van der Waals surface area contributed by atoms with E-state index >= 15 is 0 Å². The van der Waals surface area contributed by atoms with E-state index in [1.807, 2.05) is 4.90 Å². The lowest BCUT2D eigenvalue weighted by molar-refractivity contribution is 0.0137. The first-order chi connectivity index (χ1) is 11.6. The fourth-order valence-corrected chi connectivity index (χ4v) is 3.58. The first-order valence-electron chi connectivity index (χ1n) is 8.34. The van der Waals surface area contributed by atoms with E-state index < -0.39 is 0 Å². The Morgan fingerprint density at radius 2 is 1.92 bits per heavy atom. The van der Waals surface area contributed by atoms with Crippen molar-refractivity contribution in [3.63, 3.8) is 0 Å². The third-order valence-corrected chi connectivity index (χ3v) is 5.19. The van der Waals surface area contributed by atoms with Gasteiger partial charge in [0.1, 0.15) is 5.75 Å². The van der Waals surface area contributed by atoms with Gasteiger partial charge in [0.15, 0.2) is 0 Å². The Labute approximate surface area is 147 Å². The van der Waals surface area contributed by atoms with Gasteiger partial charge in [-0.3, -0.25) is 9.69 Å². The molecule has 1 aromatic carbocycles. The summed E-state index contributed by atoms with van der Waals surface area (Å²) in [6.07, 6.45) is 2.16. The molecule has 0 aromatic heterocycles. The zero-order chi connectivity index (χ0) is 17.1. The van der Waals surface area contributed by atoms with Crippen LogP contribution in [0.5, 0.6) is 5.75 Å². The molecule has 1 aromatic rings. The van der Waals surface area contributed by atoms with Crippen molar-refractivity contribution >= 4 is 23.2 Å². The van der Waals surface area contributed by atoms with Crippen molar-refractivity contribution in [2.75, 3.05) is 52.2 Å². The van der Waals surface area contributed by atoms with Gasteiger partial charge in [0, 0.05) is 51.5 Å². The Balaban J connectivity index is 1.66. The molecular weight excluding hydrogens is 330 g/mol. The highest BCUT2D eigenvalue weighted by molar-refractivity contribution is 6.33. The van der Waals surface area contributed by atoms with E-state index in [-0.39, 0.29) is 5.91 Å². The van der Waals surface area contributed by atoms with Gasteiger partial charge in [0.25, 0.3) is 5.91 Å².